The van der Waals surface area contributed by atoms with E-state index in [0.29, 0.717) is 22.0 Å². The van der Waals surface area contributed by atoms with Crippen molar-refractivity contribution in [1.29, 1.82) is 0 Å². The Morgan fingerprint density at radius 2 is 1.45 bits per heavy atom. The Balaban J connectivity index is 2.14. The zero-order valence-corrected chi connectivity index (χ0v) is 16.7. The van der Waals surface area contributed by atoms with Crippen LogP contribution in [0.5, 0.6) is 0 Å². The molecule has 3 N–H and O–H groups in total. The molecule has 5 nitrogen and oxygen atoms in total. The number of hydrogen-bond donors (Lipinski definition) is 3. The van der Waals surface area contributed by atoms with Crippen LogP contribution in [0.15, 0.2) is 71.1 Å². The summed E-state index contributed by atoms with van der Waals surface area (Å²) in [4.78, 5) is 24.0. The first kappa shape index (κ1) is 20.4. The number of dihydropyridines is 1. The van der Waals surface area contributed by atoms with Crippen LogP contribution in [0.4, 0.5) is 0 Å². The van der Waals surface area contributed by atoms with Crippen LogP contribution in [0.2, 0.25) is 5.02 Å². The van der Waals surface area contributed by atoms with Crippen LogP contribution in [0.25, 0.3) is 12.2 Å². The van der Waals surface area contributed by atoms with E-state index in [-0.39, 0.29) is 11.1 Å². The Morgan fingerprint density at radius 1 is 0.897 bits per heavy atom. The highest BCUT2D eigenvalue weighted by molar-refractivity contribution is 6.30. The van der Waals surface area contributed by atoms with Gasteiger partial charge in [0.15, 0.2) is 0 Å². The highest BCUT2D eigenvalue weighted by atomic mass is 35.5. The zero-order valence-electron chi connectivity index (χ0n) is 15.9. The normalized spacial score (nSPS) is 15.0. The fraction of sp³-hybridized carbons (Fsp3) is 0.130. The van der Waals surface area contributed by atoms with Crippen LogP contribution >= 0.6 is 11.6 Å². The van der Waals surface area contributed by atoms with Crippen molar-refractivity contribution in [2.45, 2.75) is 19.8 Å². The standard InChI is InChI=1S/C23H20ClNO4/c1-13-19(22(26)27)21(20(23(28)29)14(2)25-13)18-6-4-3-5-16(18)10-7-15-8-11-17(24)12-9-15/h3-12,21,25H,1-2H3,(H,26,27)(H,28,29). The number of carbonyl (C=O) groups is 2. The van der Waals surface area contributed by atoms with Crippen molar-refractivity contribution in [2.75, 3.05) is 0 Å². The van der Waals surface area contributed by atoms with Crippen molar-refractivity contribution in [1.82, 2.24) is 5.32 Å². The molecule has 0 spiro atoms. The van der Waals surface area contributed by atoms with Crippen molar-refractivity contribution in [3.05, 3.63) is 92.8 Å². The molecular formula is C23H20ClNO4. The number of aliphatic carboxylic acids is 2. The molecule has 148 valence electrons. The molecule has 3 rings (SSSR count). The second-order valence-corrected chi connectivity index (χ2v) is 7.20. The molecule has 2 aromatic rings. The lowest BCUT2D eigenvalue weighted by molar-refractivity contribution is -0.133. The molecular weight excluding hydrogens is 390 g/mol. The number of nitrogens with one attached hydrogen (secondary N) is 1. The zero-order chi connectivity index (χ0) is 21.1. The van der Waals surface area contributed by atoms with Gasteiger partial charge in [-0.3, -0.25) is 0 Å². The summed E-state index contributed by atoms with van der Waals surface area (Å²) in [6, 6.07) is 14.5. The summed E-state index contributed by atoms with van der Waals surface area (Å²) < 4.78 is 0. The van der Waals surface area contributed by atoms with Gasteiger partial charge in [0, 0.05) is 16.4 Å². The van der Waals surface area contributed by atoms with Crippen LogP contribution in [0.1, 0.15) is 36.5 Å². The van der Waals surface area contributed by atoms with Crippen molar-refractivity contribution >= 4 is 35.7 Å². The third kappa shape index (κ3) is 4.25. The van der Waals surface area contributed by atoms with Crippen LogP contribution in [0, 0.1) is 0 Å². The fourth-order valence-corrected chi connectivity index (χ4v) is 3.68. The first-order valence-electron chi connectivity index (χ1n) is 8.97. The van der Waals surface area contributed by atoms with E-state index in [1.807, 2.05) is 36.4 Å². The van der Waals surface area contributed by atoms with Gasteiger partial charge >= 0.3 is 11.9 Å². The van der Waals surface area contributed by atoms with Crippen LogP contribution in [0.3, 0.4) is 0 Å². The molecule has 0 radical (unpaired) electrons. The number of hydrogen-bond acceptors (Lipinski definition) is 3. The Labute approximate surface area is 173 Å². The summed E-state index contributed by atoms with van der Waals surface area (Å²) in [6.07, 6.45) is 3.73. The Kier molecular flexibility index (Phi) is 5.89. The predicted molar refractivity (Wildman–Crippen MR) is 113 cm³/mol. The minimum Gasteiger partial charge on any atom is -0.478 e. The quantitative estimate of drug-likeness (QED) is 0.610. The van der Waals surface area contributed by atoms with Gasteiger partial charge in [0.25, 0.3) is 0 Å². The lowest BCUT2D eigenvalue weighted by atomic mass is 9.78. The van der Waals surface area contributed by atoms with Gasteiger partial charge in [-0.15, -0.1) is 0 Å². The molecule has 0 bridgehead atoms. The molecule has 0 aromatic heterocycles. The summed E-state index contributed by atoms with van der Waals surface area (Å²) in [5.74, 6) is -3.19. The third-order valence-electron chi connectivity index (χ3n) is 4.85. The number of allylic oxidation sites excluding steroid dienone is 2. The Hall–Kier alpha value is -3.31. The van der Waals surface area contributed by atoms with Crippen LogP contribution in [-0.2, 0) is 9.59 Å². The van der Waals surface area contributed by atoms with E-state index in [2.05, 4.69) is 5.32 Å². The molecule has 0 saturated carbocycles. The summed E-state index contributed by atoms with van der Waals surface area (Å²) >= 11 is 5.92. The van der Waals surface area contributed by atoms with Gasteiger partial charge in [0.2, 0.25) is 0 Å². The van der Waals surface area contributed by atoms with E-state index >= 15 is 0 Å². The average molecular weight is 410 g/mol. The van der Waals surface area contributed by atoms with Crippen molar-refractivity contribution < 1.29 is 19.8 Å². The molecule has 2 aromatic carbocycles. The van der Waals surface area contributed by atoms with E-state index < -0.39 is 17.9 Å². The monoisotopic (exact) mass is 409 g/mol. The number of carboxylic acid groups (broad SMARTS) is 2. The molecule has 29 heavy (non-hydrogen) atoms. The summed E-state index contributed by atoms with van der Waals surface area (Å²) in [7, 11) is 0. The molecule has 1 heterocycles. The highest BCUT2D eigenvalue weighted by Gasteiger charge is 2.37. The Morgan fingerprint density at radius 3 is 2.00 bits per heavy atom. The van der Waals surface area contributed by atoms with Gasteiger partial charge in [-0.25, -0.2) is 9.59 Å². The van der Waals surface area contributed by atoms with Gasteiger partial charge < -0.3 is 15.5 Å². The van der Waals surface area contributed by atoms with E-state index in [1.54, 1.807) is 38.1 Å². The van der Waals surface area contributed by atoms with E-state index in [4.69, 9.17) is 11.6 Å². The Bertz CT molecular complexity index is 1030. The lowest BCUT2D eigenvalue weighted by Gasteiger charge is -2.29. The smallest absolute Gasteiger partial charge is 0.334 e. The average Bonchev–Trinajstić information content (AvgIpc) is 2.66. The van der Waals surface area contributed by atoms with Gasteiger partial charge in [-0.2, -0.15) is 0 Å². The van der Waals surface area contributed by atoms with Crippen molar-refractivity contribution in [3.8, 4) is 0 Å². The summed E-state index contributed by atoms with van der Waals surface area (Å²) in [5.41, 5.74) is 3.20. The van der Waals surface area contributed by atoms with Crippen molar-refractivity contribution in [3.63, 3.8) is 0 Å². The molecule has 0 unspecified atom stereocenters. The predicted octanol–water partition coefficient (Wildman–Crippen LogP) is 4.91. The second-order valence-electron chi connectivity index (χ2n) is 6.76. The minimum atomic E-state index is -1.15. The molecule has 6 heteroatoms. The molecule has 0 aliphatic carbocycles. The molecule has 0 saturated heterocycles. The van der Waals surface area contributed by atoms with Gasteiger partial charge in [-0.05, 0) is 42.7 Å². The third-order valence-corrected chi connectivity index (χ3v) is 5.11. The SMILES string of the molecule is CC1=C(C(=O)O)C(c2ccccc2C=Cc2ccc(Cl)cc2)C(C(=O)O)=C(C)N1. The van der Waals surface area contributed by atoms with E-state index in [0.717, 1.165) is 11.1 Å². The van der Waals surface area contributed by atoms with Gasteiger partial charge in [0.1, 0.15) is 0 Å². The second kappa shape index (κ2) is 8.37. The van der Waals surface area contributed by atoms with Gasteiger partial charge in [0.05, 0.1) is 17.1 Å². The largest absolute Gasteiger partial charge is 0.478 e. The maximum absolute atomic E-state index is 12.0. The molecule has 0 amide bonds. The van der Waals surface area contributed by atoms with Gasteiger partial charge in [-0.1, -0.05) is 60.2 Å². The highest BCUT2D eigenvalue weighted by Crippen LogP contribution is 2.40. The topological polar surface area (TPSA) is 86.6 Å². The van der Waals surface area contributed by atoms with Crippen LogP contribution in [-0.4, -0.2) is 22.2 Å². The lowest BCUT2D eigenvalue weighted by Crippen LogP contribution is -2.31. The van der Waals surface area contributed by atoms with Crippen LogP contribution < -0.4 is 5.32 Å². The maximum Gasteiger partial charge on any atom is 0.334 e. The van der Waals surface area contributed by atoms with Crippen molar-refractivity contribution in [2.24, 2.45) is 0 Å². The summed E-state index contributed by atoms with van der Waals surface area (Å²) in [6.45, 7) is 3.29. The molecule has 0 fully saturated rings. The maximum atomic E-state index is 12.0. The molecule has 1 aliphatic rings. The number of halogens is 1. The number of carboxylic acids is 2. The molecule has 0 atom stereocenters. The summed E-state index contributed by atoms with van der Waals surface area (Å²) in [5, 5.41) is 23.1. The van der Waals surface area contributed by atoms with E-state index in [1.165, 1.54) is 0 Å². The number of benzene rings is 2. The first-order chi connectivity index (χ1) is 13.8. The number of rotatable bonds is 5. The first-order valence-corrected chi connectivity index (χ1v) is 9.35. The fourth-order valence-electron chi connectivity index (χ4n) is 3.56. The van der Waals surface area contributed by atoms with E-state index in [9.17, 15) is 19.8 Å². The molecule has 1 aliphatic heterocycles. The minimum absolute atomic E-state index is 0.0281.